The van der Waals surface area contributed by atoms with E-state index >= 15 is 0 Å². The molecule has 6 atom stereocenters. The third-order valence-electron chi connectivity index (χ3n) is 10.9. The second kappa shape index (κ2) is 7.63. The summed E-state index contributed by atoms with van der Waals surface area (Å²) in [5, 5.41) is 12.7. The van der Waals surface area contributed by atoms with Crippen molar-refractivity contribution in [2.75, 3.05) is 26.4 Å². The minimum Gasteiger partial charge on any atom is -0.390 e. The number of ether oxygens (including phenoxy) is 5. The van der Waals surface area contributed by atoms with Gasteiger partial charge in [0.05, 0.1) is 38.1 Å². The zero-order chi connectivity index (χ0) is 23.0. The van der Waals surface area contributed by atoms with Crippen LogP contribution in [0.1, 0.15) is 97.8 Å². The zero-order valence-corrected chi connectivity index (χ0v) is 21.0. The van der Waals surface area contributed by atoms with Gasteiger partial charge in [-0.05, 0) is 50.9 Å². The molecule has 1 N–H and O–H groups in total. The van der Waals surface area contributed by atoms with Gasteiger partial charge in [0.15, 0.2) is 11.6 Å². The summed E-state index contributed by atoms with van der Waals surface area (Å²) in [5.41, 5.74) is -1.20. The van der Waals surface area contributed by atoms with Gasteiger partial charge in [0.2, 0.25) is 0 Å². The minimum absolute atomic E-state index is 0.0709. The fourth-order valence-electron chi connectivity index (χ4n) is 9.15. The van der Waals surface area contributed by atoms with E-state index in [9.17, 15) is 5.11 Å². The Balaban J connectivity index is 1.32. The first kappa shape index (κ1) is 23.2. The lowest BCUT2D eigenvalue weighted by Crippen LogP contribution is -2.62. The monoisotopic (exact) mass is 464 g/mol. The van der Waals surface area contributed by atoms with Crippen molar-refractivity contribution in [1.29, 1.82) is 0 Å². The molecule has 6 fully saturated rings. The summed E-state index contributed by atoms with van der Waals surface area (Å²) in [5.74, 6) is -0.781. The smallest absolute Gasteiger partial charge is 0.173 e. The normalized spacial score (nSPS) is 46.9. The van der Waals surface area contributed by atoms with Gasteiger partial charge in [-0.2, -0.15) is 0 Å². The Labute approximate surface area is 199 Å². The van der Waals surface area contributed by atoms with Crippen LogP contribution in [-0.2, 0) is 23.7 Å². The highest BCUT2D eigenvalue weighted by molar-refractivity contribution is 5.24. The second-order valence-corrected chi connectivity index (χ2v) is 12.6. The maximum absolute atomic E-state index is 12.7. The highest BCUT2D eigenvalue weighted by atomic mass is 16.7. The molecule has 3 saturated carbocycles. The molecule has 188 valence electrons. The van der Waals surface area contributed by atoms with Crippen molar-refractivity contribution in [3.05, 3.63) is 0 Å². The lowest BCUT2D eigenvalue weighted by molar-refractivity contribution is -0.252. The van der Waals surface area contributed by atoms with Crippen LogP contribution in [-0.4, -0.2) is 60.4 Å². The van der Waals surface area contributed by atoms with Crippen molar-refractivity contribution in [3.8, 4) is 0 Å². The quantitative estimate of drug-likeness (QED) is 0.574. The molecule has 0 aromatic carbocycles. The summed E-state index contributed by atoms with van der Waals surface area (Å²) in [4.78, 5) is 0. The Morgan fingerprint density at radius 3 is 2.36 bits per heavy atom. The Kier molecular flexibility index (Phi) is 5.36. The lowest BCUT2D eigenvalue weighted by Gasteiger charge is -2.58. The fraction of sp³-hybridized carbons (Fsp3) is 1.00. The lowest BCUT2D eigenvalue weighted by atomic mass is 9.48. The summed E-state index contributed by atoms with van der Waals surface area (Å²) in [6.45, 7) is 9.66. The van der Waals surface area contributed by atoms with Crippen LogP contribution in [0.15, 0.2) is 0 Å². The largest absolute Gasteiger partial charge is 0.390 e. The molecule has 3 aliphatic heterocycles. The summed E-state index contributed by atoms with van der Waals surface area (Å²) in [6, 6.07) is 0. The molecule has 0 bridgehead atoms. The standard InChI is InChI=1S/C27H44O6/c1-4-5-10-24(28,18-22(2)9-6-11-27(22)31-16-17-32-27)20-7-8-21-26(33-21)19-25(29-14-15-30-25)13-12-23(20,26)3/h20-21,28H,4-19H2,1-3H3. The minimum atomic E-state index is -0.752. The van der Waals surface area contributed by atoms with Crippen LogP contribution in [0.25, 0.3) is 0 Å². The first-order chi connectivity index (χ1) is 15.7. The molecule has 0 aromatic heterocycles. The number of hydrogen-bond acceptors (Lipinski definition) is 6. The van der Waals surface area contributed by atoms with E-state index in [1.165, 1.54) is 0 Å². The van der Waals surface area contributed by atoms with Crippen molar-refractivity contribution >= 4 is 0 Å². The number of unbranched alkanes of at least 4 members (excludes halogenated alkanes) is 1. The molecular weight excluding hydrogens is 420 g/mol. The SMILES string of the molecule is CCCCC(O)(CC1(C)CCCC12OCCO2)C1CCC2OC23CC2(CCC13C)OCCO2. The summed E-state index contributed by atoms with van der Waals surface area (Å²) in [7, 11) is 0. The van der Waals surface area contributed by atoms with Gasteiger partial charge in [0, 0.05) is 30.1 Å². The van der Waals surface area contributed by atoms with Crippen molar-refractivity contribution < 1.29 is 28.8 Å². The Morgan fingerprint density at radius 2 is 1.64 bits per heavy atom. The van der Waals surface area contributed by atoms with E-state index in [0.29, 0.717) is 26.4 Å². The van der Waals surface area contributed by atoms with E-state index in [0.717, 1.165) is 77.0 Å². The van der Waals surface area contributed by atoms with Crippen LogP contribution < -0.4 is 0 Å². The van der Waals surface area contributed by atoms with Gasteiger partial charge in [-0.3, -0.25) is 0 Å². The van der Waals surface area contributed by atoms with E-state index in [1.807, 2.05) is 0 Å². The number of epoxide rings is 1. The van der Waals surface area contributed by atoms with Gasteiger partial charge in [-0.1, -0.05) is 33.6 Å². The molecule has 6 rings (SSSR count). The molecule has 3 aliphatic carbocycles. The van der Waals surface area contributed by atoms with Gasteiger partial charge in [-0.15, -0.1) is 0 Å². The van der Waals surface area contributed by atoms with E-state index in [4.69, 9.17) is 23.7 Å². The Bertz CT molecular complexity index is 754. The molecule has 6 unspecified atom stereocenters. The van der Waals surface area contributed by atoms with Crippen molar-refractivity contribution in [3.63, 3.8) is 0 Å². The van der Waals surface area contributed by atoms with Gasteiger partial charge in [-0.25, -0.2) is 0 Å². The molecule has 6 heteroatoms. The maximum atomic E-state index is 12.7. The average Bonchev–Trinajstić information content (AvgIpc) is 3.13. The highest BCUT2D eigenvalue weighted by Gasteiger charge is 2.77. The number of rotatable bonds is 6. The van der Waals surface area contributed by atoms with Gasteiger partial charge >= 0.3 is 0 Å². The topological polar surface area (TPSA) is 69.7 Å². The van der Waals surface area contributed by atoms with E-state index in [2.05, 4.69) is 20.8 Å². The molecule has 33 heavy (non-hydrogen) atoms. The van der Waals surface area contributed by atoms with E-state index in [-0.39, 0.29) is 28.5 Å². The number of aliphatic hydroxyl groups is 1. The number of hydrogen-bond donors (Lipinski definition) is 1. The van der Waals surface area contributed by atoms with Gasteiger partial charge in [0.25, 0.3) is 0 Å². The van der Waals surface area contributed by atoms with Crippen LogP contribution in [0.5, 0.6) is 0 Å². The molecule has 0 radical (unpaired) electrons. The summed E-state index contributed by atoms with van der Waals surface area (Å²) >= 11 is 0. The molecule has 0 amide bonds. The van der Waals surface area contributed by atoms with Crippen molar-refractivity contribution in [2.45, 2.75) is 127 Å². The van der Waals surface area contributed by atoms with Crippen molar-refractivity contribution in [2.24, 2.45) is 16.7 Å². The predicted molar refractivity (Wildman–Crippen MR) is 123 cm³/mol. The van der Waals surface area contributed by atoms with E-state index in [1.54, 1.807) is 0 Å². The van der Waals surface area contributed by atoms with Crippen LogP contribution in [0, 0.1) is 16.7 Å². The van der Waals surface area contributed by atoms with Crippen LogP contribution in [0.4, 0.5) is 0 Å². The fourth-order valence-corrected chi connectivity index (χ4v) is 9.15. The third-order valence-corrected chi connectivity index (χ3v) is 10.9. The van der Waals surface area contributed by atoms with Gasteiger partial charge in [0.1, 0.15) is 5.60 Å². The predicted octanol–water partition coefficient (Wildman–Crippen LogP) is 4.71. The van der Waals surface area contributed by atoms with Crippen LogP contribution in [0.2, 0.25) is 0 Å². The van der Waals surface area contributed by atoms with Crippen molar-refractivity contribution in [1.82, 2.24) is 0 Å². The third kappa shape index (κ3) is 3.20. The first-order valence-electron chi connectivity index (χ1n) is 13.7. The Morgan fingerprint density at radius 1 is 0.909 bits per heavy atom. The molecule has 6 aliphatic rings. The summed E-state index contributed by atoms with van der Waals surface area (Å²) in [6.07, 6.45) is 11.9. The highest BCUT2D eigenvalue weighted by Crippen LogP contribution is 2.71. The first-order valence-corrected chi connectivity index (χ1v) is 13.7. The molecular formula is C27H44O6. The molecule has 0 aromatic rings. The second-order valence-electron chi connectivity index (χ2n) is 12.6. The molecule has 3 spiro atoms. The van der Waals surface area contributed by atoms with Gasteiger partial charge < -0.3 is 28.8 Å². The van der Waals surface area contributed by atoms with Crippen LogP contribution >= 0.6 is 0 Å². The molecule has 3 heterocycles. The summed E-state index contributed by atoms with van der Waals surface area (Å²) < 4.78 is 31.4. The maximum Gasteiger partial charge on any atom is 0.173 e. The van der Waals surface area contributed by atoms with E-state index < -0.39 is 17.2 Å². The average molecular weight is 465 g/mol. The Hall–Kier alpha value is -0.240. The molecule has 3 saturated heterocycles. The van der Waals surface area contributed by atoms with Crippen LogP contribution in [0.3, 0.4) is 0 Å². The molecule has 6 nitrogen and oxygen atoms in total. The zero-order valence-electron chi connectivity index (χ0n) is 21.0.